The largest absolute Gasteiger partial charge is 0.507 e. The third kappa shape index (κ3) is 5.34. The zero-order valence-electron chi connectivity index (χ0n) is 25.1. The Morgan fingerprint density at radius 2 is 1.89 bits per heavy atom. The van der Waals surface area contributed by atoms with E-state index in [0.717, 1.165) is 35.3 Å². The van der Waals surface area contributed by atoms with Crippen LogP contribution in [0.2, 0.25) is 0 Å². The Morgan fingerprint density at radius 3 is 2.66 bits per heavy atom. The fourth-order valence-electron chi connectivity index (χ4n) is 5.70. The highest BCUT2D eigenvalue weighted by molar-refractivity contribution is 7.22. The van der Waals surface area contributed by atoms with Gasteiger partial charge < -0.3 is 24.1 Å². The SMILES string of the molecule is CCCCCOc1ccc([C@H]2/C(=C(\O)c3ccc4c(c3)C[C@H](C)O4)C(=O)C(=O)N2c2nc3ccc(OC)cc3s2)cc1OC. The molecule has 0 saturated carbocycles. The molecule has 44 heavy (non-hydrogen) atoms. The first-order chi connectivity index (χ1) is 21.3. The highest BCUT2D eigenvalue weighted by Gasteiger charge is 2.48. The van der Waals surface area contributed by atoms with Crippen molar-refractivity contribution >= 4 is 44.1 Å². The standard InChI is InChI=1S/C34H34N2O7S/c1-5-6-7-14-42-26-13-8-20(17-27(26)41-4)30-29(31(37)21-9-12-25-22(16-21)15-19(2)43-25)32(38)33(39)36(30)34-35-24-11-10-23(40-3)18-28(24)44-34/h8-13,16-19,30,37H,5-7,14-15H2,1-4H3/b31-29+/t19-,30-/m0/s1. The Kier molecular flexibility index (Phi) is 8.18. The normalized spacial score (nSPS) is 18.9. The monoisotopic (exact) mass is 614 g/mol. The van der Waals surface area contributed by atoms with Crippen molar-refractivity contribution in [3.8, 4) is 23.0 Å². The van der Waals surface area contributed by atoms with E-state index in [2.05, 4.69) is 6.92 Å². The van der Waals surface area contributed by atoms with Crippen LogP contribution in [0.1, 0.15) is 55.8 Å². The number of ketones is 1. The number of anilines is 1. The van der Waals surface area contributed by atoms with E-state index in [1.807, 2.05) is 19.1 Å². The molecule has 9 nitrogen and oxygen atoms in total. The molecule has 2 aliphatic heterocycles. The number of aromatic nitrogens is 1. The van der Waals surface area contributed by atoms with Gasteiger partial charge in [0, 0.05) is 12.0 Å². The molecule has 1 N–H and O–H groups in total. The number of fused-ring (bicyclic) bond motifs is 2. The average Bonchev–Trinajstić information content (AvgIpc) is 3.70. The Balaban J connectivity index is 1.48. The number of thiazole rings is 1. The first kappa shape index (κ1) is 29.5. The maximum absolute atomic E-state index is 13.8. The summed E-state index contributed by atoms with van der Waals surface area (Å²) in [6, 6.07) is 15.1. The van der Waals surface area contributed by atoms with Crippen LogP contribution in [-0.2, 0) is 16.0 Å². The molecule has 6 rings (SSSR count). The Bertz CT molecular complexity index is 1780. The lowest BCUT2D eigenvalue weighted by Crippen LogP contribution is -2.29. The van der Waals surface area contributed by atoms with Crippen LogP contribution in [0.25, 0.3) is 16.0 Å². The lowest BCUT2D eigenvalue weighted by atomic mass is 9.94. The zero-order valence-corrected chi connectivity index (χ0v) is 25.9. The van der Waals surface area contributed by atoms with Crippen molar-refractivity contribution in [2.75, 3.05) is 25.7 Å². The lowest BCUT2D eigenvalue weighted by molar-refractivity contribution is -0.132. The van der Waals surface area contributed by atoms with E-state index in [1.165, 1.54) is 16.2 Å². The van der Waals surface area contributed by atoms with Crippen LogP contribution in [-0.4, -0.2) is 48.7 Å². The van der Waals surface area contributed by atoms with E-state index < -0.39 is 17.7 Å². The van der Waals surface area contributed by atoms with Crippen LogP contribution < -0.4 is 23.8 Å². The third-order valence-electron chi connectivity index (χ3n) is 7.91. The molecule has 1 amide bonds. The molecule has 1 saturated heterocycles. The molecule has 3 heterocycles. The molecule has 4 aromatic rings. The first-order valence-corrected chi connectivity index (χ1v) is 15.5. The van der Waals surface area contributed by atoms with Crippen LogP contribution in [0.5, 0.6) is 23.0 Å². The van der Waals surface area contributed by atoms with Gasteiger partial charge >= 0.3 is 5.91 Å². The molecule has 228 valence electrons. The van der Waals surface area contributed by atoms with Crippen LogP contribution in [0.3, 0.4) is 0 Å². The Hall–Kier alpha value is -4.57. The maximum Gasteiger partial charge on any atom is 0.301 e. The molecular formula is C34H34N2O7S. The van der Waals surface area contributed by atoms with Crippen LogP contribution in [0.4, 0.5) is 5.13 Å². The lowest BCUT2D eigenvalue weighted by Gasteiger charge is -2.24. The van der Waals surface area contributed by atoms with Gasteiger partial charge in [0.25, 0.3) is 5.78 Å². The molecule has 0 aliphatic carbocycles. The summed E-state index contributed by atoms with van der Waals surface area (Å²) in [5.41, 5.74) is 2.56. The number of amides is 1. The van der Waals surface area contributed by atoms with Gasteiger partial charge in [-0.05, 0) is 73.0 Å². The number of rotatable bonds is 10. The first-order valence-electron chi connectivity index (χ1n) is 14.7. The van der Waals surface area contributed by atoms with Crippen LogP contribution >= 0.6 is 11.3 Å². The van der Waals surface area contributed by atoms with E-state index in [9.17, 15) is 14.7 Å². The molecule has 0 unspecified atom stereocenters. The number of aliphatic hydroxyl groups excluding tert-OH is 1. The number of nitrogens with zero attached hydrogens (tertiary/aromatic N) is 2. The highest BCUT2D eigenvalue weighted by Crippen LogP contribution is 2.46. The summed E-state index contributed by atoms with van der Waals surface area (Å²) < 4.78 is 23.7. The summed E-state index contributed by atoms with van der Waals surface area (Å²) >= 11 is 1.27. The Labute approximate surface area is 259 Å². The molecule has 1 aromatic heterocycles. The second kappa shape index (κ2) is 12.2. The van der Waals surface area contributed by atoms with Crippen LogP contribution in [0.15, 0.2) is 60.2 Å². The van der Waals surface area contributed by atoms with Crippen molar-refractivity contribution in [1.29, 1.82) is 0 Å². The van der Waals surface area contributed by atoms with E-state index in [1.54, 1.807) is 56.7 Å². The molecule has 10 heteroatoms. The molecule has 0 bridgehead atoms. The number of hydrogen-bond donors (Lipinski definition) is 1. The predicted octanol–water partition coefficient (Wildman–Crippen LogP) is 6.83. The number of methoxy groups -OCH3 is 2. The van der Waals surface area contributed by atoms with Gasteiger partial charge in [-0.25, -0.2) is 4.98 Å². The van der Waals surface area contributed by atoms with Gasteiger partial charge in [0.15, 0.2) is 16.6 Å². The third-order valence-corrected chi connectivity index (χ3v) is 8.93. The van der Waals surface area contributed by atoms with Crippen molar-refractivity contribution in [3.63, 3.8) is 0 Å². The second-order valence-electron chi connectivity index (χ2n) is 10.9. The minimum atomic E-state index is -0.969. The number of benzene rings is 3. The van der Waals surface area contributed by atoms with Gasteiger partial charge in [0.2, 0.25) is 0 Å². The van der Waals surface area contributed by atoms with E-state index in [0.29, 0.717) is 52.1 Å². The topological polar surface area (TPSA) is 107 Å². The molecule has 1 fully saturated rings. The van der Waals surface area contributed by atoms with Gasteiger partial charge in [-0.1, -0.05) is 37.2 Å². The number of hydrogen-bond acceptors (Lipinski definition) is 9. The summed E-state index contributed by atoms with van der Waals surface area (Å²) in [5, 5.41) is 12.0. The minimum Gasteiger partial charge on any atom is -0.507 e. The quantitative estimate of drug-likeness (QED) is 0.0896. The van der Waals surface area contributed by atoms with E-state index in [-0.39, 0.29) is 17.4 Å². The van der Waals surface area contributed by atoms with Crippen molar-refractivity contribution in [3.05, 3.63) is 76.9 Å². The number of Topliss-reactive ketones (excluding diaryl/α,β-unsaturated/α-hetero) is 1. The van der Waals surface area contributed by atoms with Crippen molar-refractivity contribution in [1.82, 2.24) is 4.98 Å². The number of carbonyl (C=O) groups is 2. The molecule has 0 radical (unpaired) electrons. The van der Waals surface area contributed by atoms with E-state index in [4.69, 9.17) is 23.9 Å². The summed E-state index contributed by atoms with van der Waals surface area (Å²) in [6.45, 7) is 4.64. The molecule has 2 atom stereocenters. The van der Waals surface area contributed by atoms with Crippen LogP contribution in [0, 0.1) is 0 Å². The van der Waals surface area contributed by atoms with Gasteiger partial charge in [-0.3, -0.25) is 14.5 Å². The number of aliphatic hydroxyl groups is 1. The zero-order chi connectivity index (χ0) is 31.0. The van der Waals surface area contributed by atoms with E-state index >= 15 is 0 Å². The molecular weight excluding hydrogens is 580 g/mol. The van der Waals surface area contributed by atoms with Crippen molar-refractivity contribution in [2.45, 2.75) is 51.7 Å². The number of ether oxygens (including phenoxy) is 4. The molecule has 3 aromatic carbocycles. The van der Waals surface area contributed by atoms with Gasteiger partial charge in [0.05, 0.1) is 42.7 Å². The average molecular weight is 615 g/mol. The second-order valence-corrected chi connectivity index (χ2v) is 11.9. The molecule has 0 spiro atoms. The summed E-state index contributed by atoms with van der Waals surface area (Å²) in [6.07, 6.45) is 3.74. The fourth-order valence-corrected chi connectivity index (χ4v) is 6.72. The van der Waals surface area contributed by atoms with Gasteiger partial charge in [-0.2, -0.15) is 0 Å². The Morgan fingerprint density at radius 1 is 1.05 bits per heavy atom. The van der Waals surface area contributed by atoms with Gasteiger partial charge in [0.1, 0.15) is 23.4 Å². The summed E-state index contributed by atoms with van der Waals surface area (Å²) in [5.74, 6) is 0.579. The summed E-state index contributed by atoms with van der Waals surface area (Å²) in [7, 11) is 3.13. The highest BCUT2D eigenvalue weighted by atomic mass is 32.1. The summed E-state index contributed by atoms with van der Waals surface area (Å²) in [4.78, 5) is 33.6. The smallest absolute Gasteiger partial charge is 0.301 e. The fraction of sp³-hybridized carbons (Fsp3) is 0.324. The predicted molar refractivity (Wildman–Crippen MR) is 169 cm³/mol. The molecule has 2 aliphatic rings. The van der Waals surface area contributed by atoms with Crippen molar-refractivity contribution in [2.24, 2.45) is 0 Å². The number of carbonyl (C=O) groups excluding carboxylic acids is 2. The number of unbranched alkanes of at least 4 members (excludes halogenated alkanes) is 2. The van der Waals surface area contributed by atoms with Gasteiger partial charge in [-0.15, -0.1) is 0 Å². The van der Waals surface area contributed by atoms with Crippen molar-refractivity contribution < 1.29 is 33.6 Å². The minimum absolute atomic E-state index is 0.0146. The maximum atomic E-state index is 13.8.